The van der Waals surface area contributed by atoms with Gasteiger partial charge in [-0.25, -0.2) is 0 Å². The molecule has 2 aliphatic heterocycles. The minimum Gasteiger partial charge on any atom is -0.378 e. The highest BCUT2D eigenvalue weighted by Gasteiger charge is 2.16. The first kappa shape index (κ1) is 13.7. The first-order chi connectivity index (χ1) is 8.43. The quantitative estimate of drug-likeness (QED) is 0.891. The highest BCUT2D eigenvalue weighted by Crippen LogP contribution is 2.23. The van der Waals surface area contributed by atoms with Crippen molar-refractivity contribution in [1.82, 2.24) is 5.32 Å². The summed E-state index contributed by atoms with van der Waals surface area (Å²) in [6.07, 6.45) is 2.67. The van der Waals surface area contributed by atoms with Crippen molar-refractivity contribution in [2.75, 3.05) is 37.7 Å². The summed E-state index contributed by atoms with van der Waals surface area (Å²) >= 11 is 0. The van der Waals surface area contributed by atoms with E-state index in [2.05, 4.69) is 34.5 Å². The van der Waals surface area contributed by atoms with Crippen molar-refractivity contribution in [2.24, 2.45) is 0 Å². The van der Waals surface area contributed by atoms with Crippen LogP contribution in [0.25, 0.3) is 0 Å². The van der Waals surface area contributed by atoms with E-state index in [1.54, 1.807) is 0 Å². The molecule has 2 saturated heterocycles. The molecule has 2 heterocycles. The second kappa shape index (κ2) is 6.41. The average Bonchev–Trinajstić information content (AvgIpc) is 2.94. The predicted octanol–water partition coefficient (Wildman–Crippen LogP) is 2.37. The molecule has 100 valence electrons. The fraction of sp³-hybridized carbons (Fsp3) is 0.571. The van der Waals surface area contributed by atoms with Gasteiger partial charge in [0.05, 0.1) is 19.3 Å². The van der Waals surface area contributed by atoms with E-state index in [0.717, 1.165) is 19.8 Å². The van der Waals surface area contributed by atoms with E-state index in [1.165, 1.54) is 37.2 Å². The van der Waals surface area contributed by atoms with Gasteiger partial charge >= 0.3 is 0 Å². The van der Waals surface area contributed by atoms with Gasteiger partial charge in [0, 0.05) is 25.3 Å². The Labute approximate surface area is 115 Å². The molecule has 18 heavy (non-hydrogen) atoms. The zero-order valence-corrected chi connectivity index (χ0v) is 11.4. The fourth-order valence-corrected chi connectivity index (χ4v) is 2.67. The molecule has 1 N–H and O–H groups in total. The van der Waals surface area contributed by atoms with Crippen molar-refractivity contribution in [3.05, 3.63) is 29.8 Å². The minimum absolute atomic E-state index is 0. The monoisotopic (exact) mass is 268 g/mol. The number of hydrogen-bond donors (Lipinski definition) is 1. The molecule has 0 aliphatic carbocycles. The van der Waals surface area contributed by atoms with Gasteiger partial charge in [0.15, 0.2) is 0 Å². The van der Waals surface area contributed by atoms with Crippen LogP contribution in [0.4, 0.5) is 5.69 Å². The number of rotatable bonds is 2. The lowest BCUT2D eigenvalue weighted by Gasteiger charge is -2.25. The van der Waals surface area contributed by atoms with Crippen LogP contribution in [0, 0.1) is 0 Å². The summed E-state index contributed by atoms with van der Waals surface area (Å²) in [6, 6.07) is 9.34. The Morgan fingerprint density at radius 1 is 1.11 bits per heavy atom. The van der Waals surface area contributed by atoms with Gasteiger partial charge in [-0.3, -0.25) is 0 Å². The van der Waals surface area contributed by atoms with Crippen molar-refractivity contribution >= 4 is 18.1 Å². The van der Waals surface area contributed by atoms with Crippen molar-refractivity contribution in [1.29, 1.82) is 0 Å². The highest BCUT2D eigenvalue weighted by molar-refractivity contribution is 5.85. The molecule has 2 aliphatic rings. The van der Waals surface area contributed by atoms with Crippen LogP contribution >= 0.6 is 12.4 Å². The number of nitrogens with zero attached hydrogens (tertiary/aromatic N) is 1. The first-order valence-corrected chi connectivity index (χ1v) is 6.59. The van der Waals surface area contributed by atoms with Crippen LogP contribution < -0.4 is 10.2 Å². The van der Waals surface area contributed by atoms with E-state index >= 15 is 0 Å². The molecule has 0 aromatic heterocycles. The number of halogens is 1. The summed E-state index contributed by atoms with van der Waals surface area (Å²) in [5.74, 6) is 0. The molecule has 0 amide bonds. The molecule has 1 aromatic rings. The summed E-state index contributed by atoms with van der Waals surface area (Å²) < 4.78 is 5.49. The number of morpholine rings is 1. The Balaban J connectivity index is 0.00000120. The Morgan fingerprint density at radius 3 is 2.44 bits per heavy atom. The third-order valence-corrected chi connectivity index (χ3v) is 3.69. The Morgan fingerprint density at radius 2 is 1.83 bits per heavy atom. The number of benzene rings is 1. The van der Waals surface area contributed by atoms with E-state index in [1.807, 2.05) is 0 Å². The first-order valence-electron chi connectivity index (χ1n) is 6.59. The number of nitrogens with one attached hydrogen (secondary N) is 1. The van der Waals surface area contributed by atoms with Gasteiger partial charge < -0.3 is 15.0 Å². The van der Waals surface area contributed by atoms with E-state index < -0.39 is 0 Å². The Kier molecular flexibility index (Phi) is 4.87. The van der Waals surface area contributed by atoms with E-state index in [-0.39, 0.29) is 12.4 Å². The normalized spacial score (nSPS) is 23.8. The summed E-state index contributed by atoms with van der Waals surface area (Å²) in [6.45, 7) is 5.01. The van der Waals surface area contributed by atoms with Crippen LogP contribution in [0.5, 0.6) is 0 Å². The predicted molar refractivity (Wildman–Crippen MR) is 76.7 cm³/mol. The van der Waals surface area contributed by atoms with E-state index in [4.69, 9.17) is 4.74 Å². The van der Waals surface area contributed by atoms with Gasteiger partial charge in [0.1, 0.15) is 0 Å². The van der Waals surface area contributed by atoms with E-state index in [0.29, 0.717) is 6.04 Å². The highest BCUT2D eigenvalue weighted by atomic mass is 35.5. The van der Waals surface area contributed by atoms with Crippen LogP contribution in [0.2, 0.25) is 0 Å². The molecular formula is C14H21ClN2O. The van der Waals surface area contributed by atoms with E-state index in [9.17, 15) is 0 Å². The van der Waals surface area contributed by atoms with Gasteiger partial charge in [-0.2, -0.15) is 0 Å². The number of anilines is 1. The third kappa shape index (κ3) is 2.97. The number of hydrogen-bond acceptors (Lipinski definition) is 3. The zero-order chi connectivity index (χ0) is 11.5. The second-order valence-electron chi connectivity index (χ2n) is 4.87. The summed E-state index contributed by atoms with van der Waals surface area (Å²) in [4.78, 5) is 2.47. The molecule has 3 nitrogen and oxygen atoms in total. The van der Waals surface area contributed by atoms with Crippen LogP contribution in [-0.4, -0.2) is 32.8 Å². The van der Waals surface area contributed by atoms with Gasteiger partial charge in [0.25, 0.3) is 0 Å². The number of ether oxygens (including phenoxy) is 1. The van der Waals surface area contributed by atoms with Gasteiger partial charge in [-0.15, -0.1) is 12.4 Å². The lowest BCUT2D eigenvalue weighted by atomic mass is 10.1. The van der Waals surface area contributed by atoms with Gasteiger partial charge in [0.2, 0.25) is 0 Å². The lowest BCUT2D eigenvalue weighted by Crippen LogP contribution is -2.34. The molecule has 1 aromatic carbocycles. The van der Waals surface area contributed by atoms with Crippen molar-refractivity contribution < 1.29 is 4.74 Å². The molecule has 0 radical (unpaired) electrons. The Hall–Kier alpha value is -0.770. The third-order valence-electron chi connectivity index (χ3n) is 3.69. The summed E-state index contributed by atoms with van der Waals surface area (Å²) in [5.41, 5.74) is 2.70. The fourth-order valence-electron chi connectivity index (χ4n) is 2.67. The molecule has 0 saturated carbocycles. The molecule has 4 heteroatoms. The molecule has 2 fully saturated rings. The summed E-state index contributed by atoms with van der Waals surface area (Å²) in [5, 5.41) is 3.49. The summed E-state index contributed by atoms with van der Waals surface area (Å²) in [7, 11) is 0. The molecule has 1 atom stereocenters. The molecule has 0 bridgehead atoms. The maximum absolute atomic E-state index is 5.49. The average molecular weight is 269 g/mol. The van der Waals surface area contributed by atoms with Crippen molar-refractivity contribution in [3.8, 4) is 0 Å². The van der Waals surface area contributed by atoms with Gasteiger partial charge in [-0.05, 0) is 30.5 Å². The van der Waals surface area contributed by atoms with Crippen LogP contribution in [0.15, 0.2) is 24.3 Å². The topological polar surface area (TPSA) is 24.5 Å². The van der Waals surface area contributed by atoms with Crippen molar-refractivity contribution in [3.63, 3.8) is 0 Å². The Bertz CT molecular complexity index is 357. The SMILES string of the molecule is Cl.c1cc(N2CCCC2)ccc1[C@@H]1COCCN1. The molecule has 0 spiro atoms. The largest absolute Gasteiger partial charge is 0.378 e. The maximum atomic E-state index is 5.49. The van der Waals surface area contributed by atoms with Crippen LogP contribution in [0.3, 0.4) is 0 Å². The van der Waals surface area contributed by atoms with Crippen molar-refractivity contribution in [2.45, 2.75) is 18.9 Å². The van der Waals surface area contributed by atoms with Gasteiger partial charge in [-0.1, -0.05) is 12.1 Å². The second-order valence-corrected chi connectivity index (χ2v) is 4.87. The maximum Gasteiger partial charge on any atom is 0.0662 e. The molecule has 3 rings (SSSR count). The lowest BCUT2D eigenvalue weighted by molar-refractivity contribution is 0.0769. The smallest absolute Gasteiger partial charge is 0.0662 e. The van der Waals surface area contributed by atoms with Crippen LogP contribution in [0.1, 0.15) is 24.4 Å². The molecule has 0 unspecified atom stereocenters. The zero-order valence-electron chi connectivity index (χ0n) is 10.6. The standard InChI is InChI=1S/C14H20N2O.ClH/c1-2-9-16(8-1)13-5-3-12(4-6-13)14-11-17-10-7-15-14;/h3-6,14-15H,1-2,7-11H2;1H/t14-;/m0./s1. The van der Waals surface area contributed by atoms with Crippen LogP contribution in [-0.2, 0) is 4.74 Å². The molecular weight excluding hydrogens is 248 g/mol. The minimum atomic E-state index is 0.